The number of carboxylic acid groups (broad SMARTS) is 1. The van der Waals surface area contributed by atoms with Crippen molar-refractivity contribution in [3.05, 3.63) is 132 Å². The normalized spacial score (nSPS) is 11.6. The zero-order valence-corrected chi connectivity index (χ0v) is 31.0. The topological polar surface area (TPSA) is 160 Å². The smallest absolute Gasteiger partial charge is 0.305 e. The molecule has 1 atom stereocenters. The molecule has 0 aliphatic rings. The van der Waals surface area contributed by atoms with Gasteiger partial charge in [-0.05, 0) is 54.1 Å². The fraction of sp³-hybridized carbons (Fsp3) is 0.233. The Labute approximate surface area is 314 Å². The van der Waals surface area contributed by atoms with Crippen molar-refractivity contribution in [2.75, 3.05) is 13.6 Å². The lowest BCUT2D eigenvalue weighted by Gasteiger charge is -2.18. The van der Waals surface area contributed by atoms with Crippen LogP contribution in [0, 0.1) is 6.92 Å². The maximum absolute atomic E-state index is 12.4. The lowest BCUT2D eigenvalue weighted by atomic mass is 9.87. The van der Waals surface area contributed by atoms with Crippen molar-refractivity contribution in [3.63, 3.8) is 0 Å². The number of nitrogens with zero attached hydrogens (tertiary/aromatic N) is 4. The Hall–Kier alpha value is -6.33. The lowest BCUT2D eigenvalue weighted by molar-refractivity contribution is -0.137. The number of carboxylic acids is 1. The van der Waals surface area contributed by atoms with E-state index in [2.05, 4.69) is 88.8 Å². The molecule has 1 amide bonds. The first-order valence-electron chi connectivity index (χ1n) is 17.6. The molecule has 6 rings (SSSR count). The first-order chi connectivity index (χ1) is 25.9. The van der Waals surface area contributed by atoms with Gasteiger partial charge in [0.2, 0.25) is 11.7 Å². The Balaban J connectivity index is 0.000000398. The van der Waals surface area contributed by atoms with Gasteiger partial charge in [0.05, 0.1) is 18.0 Å². The van der Waals surface area contributed by atoms with E-state index >= 15 is 0 Å². The molecule has 0 bridgehead atoms. The lowest BCUT2D eigenvalue weighted by Crippen LogP contribution is -2.44. The molecule has 0 radical (unpaired) electrons. The SMILES string of the molecule is CC(C)(C)c1ccc(C=O)cc1.CNC(Cc1ccc(-c2ncc(-c3nc(-c4cccc(-c5ccc(C)cc5)c4)no3)cn2)cc1)C(=O)NCCC(=O)O. The summed E-state index contributed by atoms with van der Waals surface area (Å²) in [5, 5.41) is 18.5. The van der Waals surface area contributed by atoms with Crippen LogP contribution in [0.4, 0.5) is 0 Å². The molecule has 6 aromatic rings. The summed E-state index contributed by atoms with van der Waals surface area (Å²) in [5.74, 6) is 0.141. The quantitative estimate of drug-likeness (QED) is 0.109. The van der Waals surface area contributed by atoms with Crippen molar-refractivity contribution in [2.45, 2.75) is 52.0 Å². The molecule has 0 aliphatic heterocycles. The van der Waals surface area contributed by atoms with Gasteiger partial charge in [-0.3, -0.25) is 14.4 Å². The van der Waals surface area contributed by atoms with Crippen LogP contribution in [0.25, 0.3) is 45.4 Å². The number of rotatable bonds is 12. The average Bonchev–Trinajstić information content (AvgIpc) is 3.68. The van der Waals surface area contributed by atoms with Crippen LogP contribution in [0.2, 0.25) is 0 Å². The number of hydrogen-bond donors (Lipinski definition) is 3. The van der Waals surface area contributed by atoms with Crippen LogP contribution < -0.4 is 10.6 Å². The van der Waals surface area contributed by atoms with Crippen LogP contribution >= 0.6 is 0 Å². The zero-order valence-electron chi connectivity index (χ0n) is 31.0. The van der Waals surface area contributed by atoms with Crippen molar-refractivity contribution >= 4 is 18.2 Å². The van der Waals surface area contributed by atoms with Gasteiger partial charge in [0, 0.05) is 35.6 Å². The Morgan fingerprint density at radius 2 is 1.46 bits per heavy atom. The Morgan fingerprint density at radius 1 is 0.815 bits per heavy atom. The van der Waals surface area contributed by atoms with E-state index in [1.165, 1.54) is 11.1 Å². The monoisotopic (exact) mass is 724 g/mol. The summed E-state index contributed by atoms with van der Waals surface area (Å²) in [5.41, 5.74) is 8.76. The predicted molar refractivity (Wildman–Crippen MR) is 209 cm³/mol. The maximum Gasteiger partial charge on any atom is 0.305 e. The Morgan fingerprint density at radius 3 is 2.07 bits per heavy atom. The van der Waals surface area contributed by atoms with E-state index in [1.807, 2.05) is 66.7 Å². The fourth-order valence-corrected chi connectivity index (χ4v) is 5.46. The van der Waals surface area contributed by atoms with Gasteiger partial charge in [-0.25, -0.2) is 9.97 Å². The van der Waals surface area contributed by atoms with Gasteiger partial charge in [0.1, 0.15) is 6.29 Å². The Kier molecular flexibility index (Phi) is 12.9. The van der Waals surface area contributed by atoms with Gasteiger partial charge >= 0.3 is 5.97 Å². The van der Waals surface area contributed by atoms with E-state index in [9.17, 15) is 14.4 Å². The highest BCUT2D eigenvalue weighted by atomic mass is 16.5. The number of aromatic nitrogens is 4. The van der Waals surface area contributed by atoms with Gasteiger partial charge in [-0.1, -0.05) is 122 Å². The van der Waals surface area contributed by atoms with Crippen molar-refractivity contribution in [3.8, 4) is 45.4 Å². The molecular formula is C43H44N6O5. The maximum atomic E-state index is 12.4. The molecule has 11 nitrogen and oxygen atoms in total. The average molecular weight is 725 g/mol. The predicted octanol–water partition coefficient (Wildman–Crippen LogP) is 7.35. The molecule has 2 aromatic heterocycles. The summed E-state index contributed by atoms with van der Waals surface area (Å²) in [4.78, 5) is 46.9. The molecule has 0 saturated heterocycles. The van der Waals surface area contributed by atoms with Gasteiger partial charge in [-0.2, -0.15) is 4.98 Å². The molecule has 0 saturated carbocycles. The summed E-state index contributed by atoms with van der Waals surface area (Å²) >= 11 is 0. The van der Waals surface area contributed by atoms with Gasteiger partial charge < -0.3 is 20.3 Å². The number of benzene rings is 4. The molecule has 0 spiro atoms. The van der Waals surface area contributed by atoms with Crippen LogP contribution in [-0.4, -0.2) is 63.0 Å². The van der Waals surface area contributed by atoms with Crippen LogP contribution in [0.5, 0.6) is 0 Å². The molecule has 0 fully saturated rings. The summed E-state index contributed by atoms with van der Waals surface area (Å²) in [6, 6.07) is 31.2. The zero-order chi connectivity index (χ0) is 38.7. The molecular weight excluding hydrogens is 681 g/mol. The van der Waals surface area contributed by atoms with E-state index in [0.29, 0.717) is 29.5 Å². The summed E-state index contributed by atoms with van der Waals surface area (Å²) in [7, 11) is 1.69. The largest absolute Gasteiger partial charge is 0.481 e. The number of carbonyl (C=O) groups is 3. The number of carbonyl (C=O) groups excluding carboxylic acids is 2. The number of hydrogen-bond acceptors (Lipinski definition) is 9. The number of likely N-dealkylation sites (N-methyl/N-ethyl adjacent to an activating group) is 1. The van der Waals surface area contributed by atoms with E-state index < -0.39 is 12.0 Å². The van der Waals surface area contributed by atoms with Gasteiger partial charge in [0.25, 0.3) is 5.89 Å². The van der Waals surface area contributed by atoms with Crippen molar-refractivity contribution < 1.29 is 24.0 Å². The van der Waals surface area contributed by atoms with Gasteiger partial charge in [0.15, 0.2) is 5.82 Å². The summed E-state index contributed by atoms with van der Waals surface area (Å²) in [6.07, 6.45) is 4.49. The molecule has 3 N–H and O–H groups in total. The van der Waals surface area contributed by atoms with E-state index in [4.69, 9.17) is 9.63 Å². The molecule has 276 valence electrons. The summed E-state index contributed by atoms with van der Waals surface area (Å²) < 4.78 is 5.52. The molecule has 54 heavy (non-hydrogen) atoms. The van der Waals surface area contributed by atoms with Crippen molar-refractivity contribution in [1.82, 2.24) is 30.7 Å². The fourth-order valence-electron chi connectivity index (χ4n) is 5.46. The molecule has 0 aliphatic carbocycles. The molecule has 2 heterocycles. The molecule has 4 aromatic carbocycles. The third-order valence-electron chi connectivity index (χ3n) is 8.70. The van der Waals surface area contributed by atoms with Crippen LogP contribution in [0.3, 0.4) is 0 Å². The second-order valence-electron chi connectivity index (χ2n) is 13.8. The number of aliphatic carboxylic acids is 1. The van der Waals surface area contributed by atoms with Crippen LogP contribution in [-0.2, 0) is 21.4 Å². The minimum absolute atomic E-state index is 0.0880. The number of amides is 1. The number of aldehydes is 1. The van der Waals surface area contributed by atoms with E-state index in [-0.39, 0.29) is 24.3 Å². The van der Waals surface area contributed by atoms with E-state index in [0.717, 1.165) is 39.7 Å². The van der Waals surface area contributed by atoms with E-state index in [1.54, 1.807) is 19.4 Å². The first kappa shape index (κ1) is 38.9. The first-order valence-corrected chi connectivity index (χ1v) is 17.6. The second kappa shape index (κ2) is 17.9. The summed E-state index contributed by atoms with van der Waals surface area (Å²) in [6.45, 7) is 8.62. The third kappa shape index (κ3) is 10.6. The van der Waals surface area contributed by atoms with Crippen LogP contribution in [0.15, 0.2) is 114 Å². The molecule has 11 heteroatoms. The second-order valence-corrected chi connectivity index (χ2v) is 13.8. The van der Waals surface area contributed by atoms with Crippen molar-refractivity contribution in [1.29, 1.82) is 0 Å². The van der Waals surface area contributed by atoms with Gasteiger partial charge in [-0.15, -0.1) is 0 Å². The van der Waals surface area contributed by atoms with Crippen molar-refractivity contribution in [2.24, 2.45) is 0 Å². The minimum Gasteiger partial charge on any atom is -0.481 e. The highest BCUT2D eigenvalue weighted by molar-refractivity contribution is 5.82. The van der Waals surface area contributed by atoms with Crippen LogP contribution in [0.1, 0.15) is 54.2 Å². The standard InChI is InChI=1S/C32H30N6O4.C11H14O/c1-20-6-10-22(11-7-20)24-4-3-5-25(17-24)30-37-32(42-38-30)26-18-35-29(36-19-26)23-12-8-21(9-13-23)16-27(33-2)31(41)34-15-14-28(39)40;1-11(2,3)10-6-4-9(8-12)5-7-10/h3-13,17-19,27,33H,14-16H2,1-2H3,(H,34,41)(H,39,40);4-8H,1-3H3. The Bertz CT molecular complexity index is 2160. The number of nitrogens with one attached hydrogen (secondary N) is 2. The highest BCUT2D eigenvalue weighted by Gasteiger charge is 2.18. The third-order valence-corrected chi connectivity index (χ3v) is 8.70. The minimum atomic E-state index is -0.955. The highest BCUT2D eigenvalue weighted by Crippen LogP contribution is 2.27. The number of aryl methyl sites for hydroxylation is 1. The molecule has 1 unspecified atom stereocenters.